The maximum atomic E-state index is 13.6. The molecule has 1 unspecified atom stereocenters. The van der Waals surface area contributed by atoms with Crippen molar-refractivity contribution in [2.75, 3.05) is 5.32 Å². The van der Waals surface area contributed by atoms with Crippen LogP contribution in [0.3, 0.4) is 0 Å². The van der Waals surface area contributed by atoms with E-state index in [1.165, 1.54) is 0 Å². The Balaban J connectivity index is 1.49. The summed E-state index contributed by atoms with van der Waals surface area (Å²) in [6.45, 7) is 5.59. The number of halogens is 1. The number of aryl methyl sites for hydroxylation is 2. The lowest BCUT2D eigenvalue weighted by Crippen LogP contribution is -2.13. The predicted octanol–water partition coefficient (Wildman–Crippen LogP) is 4.92. The van der Waals surface area contributed by atoms with Crippen molar-refractivity contribution in [1.82, 2.24) is 29.9 Å². The van der Waals surface area contributed by atoms with E-state index in [4.69, 9.17) is 21.0 Å². The molecular formula is C27H22ClN7O4. The molecule has 39 heavy (non-hydrogen) atoms. The predicted molar refractivity (Wildman–Crippen MR) is 147 cm³/mol. The normalized spacial score (nSPS) is 12.3. The zero-order valence-electron chi connectivity index (χ0n) is 21.4. The molecule has 6 rings (SSSR count). The lowest BCUT2D eigenvalue weighted by atomic mass is 9.99. The van der Waals surface area contributed by atoms with E-state index in [0.717, 1.165) is 16.6 Å². The van der Waals surface area contributed by atoms with Gasteiger partial charge in [-0.15, -0.1) is 0 Å². The second kappa shape index (κ2) is 9.21. The molecule has 0 fully saturated rings. The number of nitrogens with zero attached hydrogens (tertiary/aromatic N) is 5. The van der Waals surface area contributed by atoms with Gasteiger partial charge in [0.05, 0.1) is 28.8 Å². The van der Waals surface area contributed by atoms with Gasteiger partial charge >= 0.3 is 5.76 Å². The fourth-order valence-corrected chi connectivity index (χ4v) is 4.82. The van der Waals surface area contributed by atoms with Crippen LogP contribution < -0.4 is 16.5 Å². The van der Waals surface area contributed by atoms with Crippen molar-refractivity contribution in [2.45, 2.75) is 26.8 Å². The Labute approximate surface area is 225 Å². The van der Waals surface area contributed by atoms with Gasteiger partial charge in [-0.25, -0.2) is 14.8 Å². The number of fused-ring (bicyclic) bond motifs is 2. The first kappa shape index (κ1) is 24.6. The van der Waals surface area contributed by atoms with Gasteiger partial charge in [-0.1, -0.05) is 22.8 Å². The smallest absolute Gasteiger partial charge is 0.439 e. The Hall–Kier alpha value is -4.77. The monoisotopic (exact) mass is 543 g/mol. The molecule has 0 saturated heterocycles. The lowest BCUT2D eigenvalue weighted by molar-refractivity contribution is 0.388. The van der Waals surface area contributed by atoms with Crippen LogP contribution >= 0.6 is 11.6 Å². The van der Waals surface area contributed by atoms with E-state index in [1.54, 1.807) is 29.9 Å². The summed E-state index contributed by atoms with van der Waals surface area (Å²) < 4.78 is 12.8. The summed E-state index contributed by atoms with van der Waals surface area (Å²) in [4.78, 5) is 36.6. The maximum absolute atomic E-state index is 13.6. The summed E-state index contributed by atoms with van der Waals surface area (Å²) in [7, 11) is 1.84. The Bertz CT molecular complexity index is 2020. The largest absolute Gasteiger partial charge is 0.454 e. The van der Waals surface area contributed by atoms with E-state index in [0.29, 0.717) is 44.9 Å². The Morgan fingerprint density at radius 3 is 2.69 bits per heavy atom. The molecule has 196 valence electrons. The number of H-pyrrole nitrogens is 1. The van der Waals surface area contributed by atoms with E-state index in [9.17, 15) is 9.59 Å². The van der Waals surface area contributed by atoms with Crippen LogP contribution in [-0.2, 0) is 7.05 Å². The Morgan fingerprint density at radius 2 is 1.92 bits per heavy atom. The van der Waals surface area contributed by atoms with Crippen LogP contribution in [0.4, 0.5) is 5.69 Å². The van der Waals surface area contributed by atoms with E-state index in [1.807, 2.05) is 45.2 Å². The molecule has 2 N–H and O–H groups in total. The summed E-state index contributed by atoms with van der Waals surface area (Å²) in [5, 5.41) is 12.1. The Morgan fingerprint density at radius 1 is 1.10 bits per heavy atom. The molecule has 11 nitrogen and oxygen atoms in total. The fourth-order valence-electron chi connectivity index (χ4n) is 4.67. The van der Waals surface area contributed by atoms with E-state index in [-0.39, 0.29) is 22.4 Å². The molecule has 0 radical (unpaired) electrons. The Kier molecular flexibility index (Phi) is 5.80. The molecule has 1 aromatic carbocycles. The number of nitrogens with one attached hydrogen (secondary N) is 2. The minimum atomic E-state index is -0.710. The highest BCUT2D eigenvalue weighted by atomic mass is 35.5. The number of anilines is 1. The van der Waals surface area contributed by atoms with Crippen molar-refractivity contribution < 1.29 is 8.94 Å². The highest BCUT2D eigenvalue weighted by molar-refractivity contribution is 6.29. The van der Waals surface area contributed by atoms with Crippen LogP contribution in [0.1, 0.15) is 29.7 Å². The van der Waals surface area contributed by atoms with Crippen molar-refractivity contribution in [1.29, 1.82) is 0 Å². The first-order valence-corrected chi connectivity index (χ1v) is 12.4. The molecule has 5 aromatic heterocycles. The number of aromatic nitrogens is 6. The van der Waals surface area contributed by atoms with Gasteiger partial charge in [-0.05, 0) is 56.7 Å². The summed E-state index contributed by atoms with van der Waals surface area (Å²) in [5.41, 5.74) is 5.39. The zero-order chi connectivity index (χ0) is 27.4. The quantitative estimate of drug-likeness (QED) is 0.289. The van der Waals surface area contributed by atoms with Gasteiger partial charge in [0.1, 0.15) is 27.6 Å². The molecule has 0 aliphatic heterocycles. The summed E-state index contributed by atoms with van der Waals surface area (Å²) in [6.07, 6.45) is 1.67. The SMILES string of the molecule is Cc1cc(C(C)Nc2ccc(Cl)nc2-c2noc(=O)[nH]2)c2oc(-c3ccc4c(cnn4C)n3)c(C)c(=O)c2c1. The molecule has 0 saturated carbocycles. The van der Waals surface area contributed by atoms with Crippen LogP contribution in [0.5, 0.6) is 0 Å². The molecule has 0 spiro atoms. The number of hydrogen-bond acceptors (Lipinski definition) is 9. The van der Waals surface area contributed by atoms with E-state index < -0.39 is 5.76 Å². The average molecular weight is 544 g/mol. The number of hydrogen-bond donors (Lipinski definition) is 2. The molecular weight excluding hydrogens is 522 g/mol. The molecule has 5 heterocycles. The number of pyridine rings is 2. The third-order valence-electron chi connectivity index (χ3n) is 6.59. The minimum Gasteiger partial charge on any atom is -0.454 e. The lowest BCUT2D eigenvalue weighted by Gasteiger charge is -2.20. The van der Waals surface area contributed by atoms with Gasteiger partial charge in [-0.2, -0.15) is 5.10 Å². The third kappa shape index (κ3) is 4.26. The minimum absolute atomic E-state index is 0.132. The van der Waals surface area contributed by atoms with E-state index >= 15 is 0 Å². The van der Waals surface area contributed by atoms with Crippen LogP contribution in [0.2, 0.25) is 5.15 Å². The fraction of sp³-hybridized carbons (Fsp3) is 0.185. The van der Waals surface area contributed by atoms with Crippen LogP contribution in [-0.4, -0.2) is 29.9 Å². The van der Waals surface area contributed by atoms with Crippen molar-refractivity contribution >= 4 is 39.3 Å². The van der Waals surface area contributed by atoms with Crippen LogP contribution in [0.25, 0.3) is 45.0 Å². The molecule has 12 heteroatoms. The van der Waals surface area contributed by atoms with Crippen molar-refractivity contribution in [3.63, 3.8) is 0 Å². The number of benzene rings is 1. The average Bonchev–Trinajstić information content (AvgIpc) is 3.52. The summed E-state index contributed by atoms with van der Waals surface area (Å²) in [6, 6.07) is 10.5. The molecule has 1 atom stereocenters. The third-order valence-corrected chi connectivity index (χ3v) is 6.80. The highest BCUT2D eigenvalue weighted by Gasteiger charge is 2.22. The van der Waals surface area contributed by atoms with Crippen molar-refractivity contribution in [3.8, 4) is 23.0 Å². The number of aromatic amines is 1. The number of rotatable bonds is 5. The molecule has 0 amide bonds. The topological polar surface area (TPSA) is 145 Å². The standard InChI is InChI=1S/C27H22ClN7O4/c1-12-9-15(14(3)30-17-6-8-21(28)32-22(17)26-33-27(37)39-34-26)25-16(10-12)23(36)13(2)24(38-25)18-5-7-20-19(31-18)11-29-35(20)4/h5-11,14,30H,1-4H3,(H,33,34,37). The highest BCUT2D eigenvalue weighted by Crippen LogP contribution is 2.34. The van der Waals surface area contributed by atoms with Gasteiger partial charge in [0.2, 0.25) is 5.82 Å². The summed E-state index contributed by atoms with van der Waals surface area (Å²) in [5.74, 6) is -0.185. The molecule has 0 aliphatic rings. The van der Waals surface area contributed by atoms with Crippen LogP contribution in [0.15, 0.2) is 61.1 Å². The second-order valence-electron chi connectivity index (χ2n) is 9.32. The zero-order valence-corrected chi connectivity index (χ0v) is 22.1. The first-order valence-electron chi connectivity index (χ1n) is 12.1. The van der Waals surface area contributed by atoms with Gasteiger partial charge in [0, 0.05) is 18.2 Å². The van der Waals surface area contributed by atoms with Crippen LogP contribution in [0, 0.1) is 13.8 Å². The van der Waals surface area contributed by atoms with Gasteiger partial charge in [0.25, 0.3) is 0 Å². The van der Waals surface area contributed by atoms with Crippen molar-refractivity contribution in [3.05, 3.63) is 85.2 Å². The maximum Gasteiger partial charge on any atom is 0.439 e. The van der Waals surface area contributed by atoms with Crippen molar-refractivity contribution in [2.24, 2.45) is 7.05 Å². The first-order chi connectivity index (χ1) is 18.7. The molecule has 6 aromatic rings. The molecule has 0 bridgehead atoms. The van der Waals surface area contributed by atoms with Gasteiger partial charge < -0.3 is 9.73 Å². The molecule has 0 aliphatic carbocycles. The second-order valence-corrected chi connectivity index (χ2v) is 9.71. The summed E-state index contributed by atoms with van der Waals surface area (Å²) >= 11 is 6.12. The van der Waals surface area contributed by atoms with Gasteiger partial charge in [0.15, 0.2) is 11.2 Å². The van der Waals surface area contributed by atoms with E-state index in [2.05, 4.69) is 30.1 Å². The van der Waals surface area contributed by atoms with Gasteiger partial charge in [-0.3, -0.25) is 19.0 Å².